The Bertz CT molecular complexity index is 668. The van der Waals surface area contributed by atoms with Gasteiger partial charge >= 0.3 is 5.97 Å². The Morgan fingerprint density at radius 2 is 2.00 bits per heavy atom. The van der Waals surface area contributed by atoms with Crippen LogP contribution in [0.5, 0.6) is 0 Å². The second-order valence-electron chi connectivity index (χ2n) is 4.56. The van der Waals surface area contributed by atoms with Crippen LogP contribution in [0, 0.1) is 11.6 Å². The molecule has 0 aliphatic rings. The van der Waals surface area contributed by atoms with Crippen LogP contribution in [-0.4, -0.2) is 31.3 Å². The number of aromatic nitrogens is 4. The molecule has 0 aliphatic heterocycles. The van der Waals surface area contributed by atoms with Gasteiger partial charge in [-0.15, -0.1) is 5.10 Å². The first-order valence-electron chi connectivity index (χ1n) is 6.44. The Hall–Kier alpha value is -2.38. The fourth-order valence-corrected chi connectivity index (χ4v) is 2.26. The number of aliphatic carboxylic acids is 1. The van der Waals surface area contributed by atoms with Crippen LogP contribution in [0.1, 0.15) is 26.7 Å². The summed E-state index contributed by atoms with van der Waals surface area (Å²) in [5.41, 5.74) is -1.58. The van der Waals surface area contributed by atoms with Gasteiger partial charge < -0.3 is 5.11 Å². The van der Waals surface area contributed by atoms with E-state index in [1.807, 2.05) is 0 Å². The zero-order valence-electron chi connectivity index (χ0n) is 11.5. The van der Waals surface area contributed by atoms with E-state index in [4.69, 9.17) is 0 Å². The van der Waals surface area contributed by atoms with E-state index < -0.39 is 23.1 Å². The van der Waals surface area contributed by atoms with Gasteiger partial charge in [0.1, 0.15) is 0 Å². The van der Waals surface area contributed by atoms with Gasteiger partial charge in [0.25, 0.3) is 0 Å². The Morgan fingerprint density at radius 3 is 2.57 bits per heavy atom. The number of hydrogen-bond acceptors (Lipinski definition) is 4. The third-order valence-corrected chi connectivity index (χ3v) is 3.64. The van der Waals surface area contributed by atoms with E-state index in [1.165, 1.54) is 12.1 Å². The molecule has 0 bridgehead atoms. The number of carboxylic acids is 1. The number of benzene rings is 1. The lowest BCUT2D eigenvalue weighted by Crippen LogP contribution is -2.42. The van der Waals surface area contributed by atoms with Crippen molar-refractivity contribution in [3.8, 4) is 11.4 Å². The summed E-state index contributed by atoms with van der Waals surface area (Å²) in [7, 11) is 0. The molecule has 0 unspecified atom stereocenters. The third kappa shape index (κ3) is 2.26. The van der Waals surface area contributed by atoms with E-state index in [2.05, 4.69) is 15.5 Å². The quantitative estimate of drug-likeness (QED) is 0.915. The predicted molar refractivity (Wildman–Crippen MR) is 69.4 cm³/mol. The van der Waals surface area contributed by atoms with Crippen LogP contribution in [0.15, 0.2) is 18.2 Å². The number of nitrogens with zero attached hydrogens (tertiary/aromatic N) is 4. The first kappa shape index (κ1) is 15.0. The van der Waals surface area contributed by atoms with Crippen molar-refractivity contribution in [3.63, 3.8) is 0 Å². The standard InChI is InChI=1S/C13H14F2N4O2/c1-3-13(4-2,12(20)21)19-11(16-17-18-19)8-6-5-7-9(14)10(8)15/h5-7H,3-4H2,1-2H3,(H,20,21). The molecule has 1 heterocycles. The second-order valence-corrected chi connectivity index (χ2v) is 4.56. The van der Waals surface area contributed by atoms with Gasteiger partial charge in [0.15, 0.2) is 23.0 Å². The predicted octanol–water partition coefficient (Wildman–Crippen LogP) is 2.22. The average Bonchev–Trinajstić information content (AvgIpc) is 2.93. The fourth-order valence-electron chi connectivity index (χ4n) is 2.26. The highest BCUT2D eigenvalue weighted by Gasteiger charge is 2.41. The minimum absolute atomic E-state index is 0.113. The van der Waals surface area contributed by atoms with Crippen molar-refractivity contribution in [1.82, 2.24) is 20.2 Å². The maximum atomic E-state index is 13.9. The molecule has 1 aromatic heterocycles. The number of carboxylic acid groups (broad SMARTS) is 1. The van der Waals surface area contributed by atoms with Crippen LogP contribution in [0.2, 0.25) is 0 Å². The molecule has 8 heteroatoms. The van der Waals surface area contributed by atoms with Crippen LogP contribution in [0.25, 0.3) is 11.4 Å². The Labute approximate surface area is 119 Å². The summed E-state index contributed by atoms with van der Waals surface area (Å²) in [6.07, 6.45) is 0.404. The van der Waals surface area contributed by atoms with Gasteiger partial charge in [-0.05, 0) is 35.4 Å². The van der Waals surface area contributed by atoms with Crippen molar-refractivity contribution in [2.45, 2.75) is 32.2 Å². The highest BCUT2D eigenvalue weighted by Crippen LogP contribution is 2.31. The molecule has 0 aliphatic carbocycles. The van der Waals surface area contributed by atoms with Gasteiger partial charge in [-0.25, -0.2) is 18.3 Å². The lowest BCUT2D eigenvalue weighted by molar-refractivity contribution is -0.148. The van der Waals surface area contributed by atoms with E-state index in [0.717, 1.165) is 10.7 Å². The topological polar surface area (TPSA) is 80.9 Å². The molecular formula is C13H14F2N4O2. The third-order valence-electron chi connectivity index (χ3n) is 3.64. The fraction of sp³-hybridized carbons (Fsp3) is 0.385. The Morgan fingerprint density at radius 1 is 1.33 bits per heavy atom. The summed E-state index contributed by atoms with van der Waals surface area (Å²) >= 11 is 0. The number of rotatable bonds is 5. The minimum atomic E-state index is -1.41. The zero-order chi connectivity index (χ0) is 15.6. The van der Waals surface area contributed by atoms with Crippen molar-refractivity contribution in [1.29, 1.82) is 0 Å². The molecule has 112 valence electrons. The zero-order valence-corrected chi connectivity index (χ0v) is 11.5. The average molecular weight is 296 g/mol. The van der Waals surface area contributed by atoms with Gasteiger partial charge in [-0.2, -0.15) is 0 Å². The Balaban J connectivity index is 2.68. The summed E-state index contributed by atoms with van der Waals surface area (Å²) in [6, 6.07) is 3.59. The van der Waals surface area contributed by atoms with Crippen LogP contribution in [0.3, 0.4) is 0 Å². The molecular weight excluding hydrogens is 282 g/mol. The SMILES string of the molecule is CCC(CC)(C(=O)O)n1nnnc1-c1cccc(F)c1F. The molecule has 0 saturated heterocycles. The van der Waals surface area contributed by atoms with Gasteiger partial charge in [-0.1, -0.05) is 19.9 Å². The summed E-state index contributed by atoms with van der Waals surface area (Å²) < 4.78 is 28.3. The van der Waals surface area contributed by atoms with Crippen molar-refractivity contribution in [3.05, 3.63) is 29.8 Å². The normalized spacial score (nSPS) is 11.6. The molecule has 6 nitrogen and oxygen atoms in total. The maximum Gasteiger partial charge on any atom is 0.331 e. The highest BCUT2D eigenvalue weighted by atomic mass is 19.2. The molecule has 0 spiro atoms. The van der Waals surface area contributed by atoms with Crippen molar-refractivity contribution in [2.75, 3.05) is 0 Å². The molecule has 2 aromatic rings. The smallest absolute Gasteiger partial charge is 0.331 e. The second kappa shape index (κ2) is 5.55. The van der Waals surface area contributed by atoms with Crippen molar-refractivity contribution >= 4 is 5.97 Å². The van der Waals surface area contributed by atoms with Crippen molar-refractivity contribution in [2.24, 2.45) is 0 Å². The van der Waals surface area contributed by atoms with Gasteiger partial charge in [0.05, 0.1) is 5.56 Å². The lowest BCUT2D eigenvalue weighted by atomic mass is 9.92. The maximum absolute atomic E-state index is 13.9. The molecule has 1 N–H and O–H groups in total. The van der Waals surface area contributed by atoms with Gasteiger partial charge in [-0.3, -0.25) is 0 Å². The summed E-state index contributed by atoms with van der Waals surface area (Å²) in [5.74, 6) is -3.40. The van der Waals surface area contributed by atoms with E-state index >= 15 is 0 Å². The molecule has 21 heavy (non-hydrogen) atoms. The summed E-state index contributed by atoms with van der Waals surface area (Å²) in [6.45, 7) is 3.34. The van der Waals surface area contributed by atoms with Crippen LogP contribution in [0.4, 0.5) is 8.78 Å². The summed E-state index contributed by atoms with van der Waals surface area (Å²) in [4.78, 5) is 11.6. The highest BCUT2D eigenvalue weighted by molar-refractivity contribution is 5.77. The molecule has 0 amide bonds. The van der Waals surface area contributed by atoms with Gasteiger partial charge in [0.2, 0.25) is 0 Å². The molecule has 0 atom stereocenters. The van der Waals surface area contributed by atoms with E-state index in [9.17, 15) is 18.7 Å². The van der Waals surface area contributed by atoms with Crippen LogP contribution in [-0.2, 0) is 10.3 Å². The summed E-state index contributed by atoms with van der Waals surface area (Å²) in [5, 5.41) is 20.3. The first-order valence-corrected chi connectivity index (χ1v) is 6.44. The lowest BCUT2D eigenvalue weighted by Gasteiger charge is -2.27. The number of carbonyl (C=O) groups is 1. The first-order chi connectivity index (χ1) is 9.97. The minimum Gasteiger partial charge on any atom is -0.479 e. The van der Waals surface area contributed by atoms with E-state index in [0.29, 0.717) is 0 Å². The molecule has 0 fully saturated rings. The molecule has 1 aromatic carbocycles. The van der Waals surface area contributed by atoms with E-state index in [-0.39, 0.29) is 24.2 Å². The number of halogens is 2. The molecule has 2 rings (SSSR count). The van der Waals surface area contributed by atoms with E-state index in [1.54, 1.807) is 13.8 Å². The molecule has 0 radical (unpaired) electrons. The van der Waals surface area contributed by atoms with Crippen molar-refractivity contribution < 1.29 is 18.7 Å². The van der Waals surface area contributed by atoms with Crippen LogP contribution >= 0.6 is 0 Å². The molecule has 0 saturated carbocycles. The Kier molecular flexibility index (Phi) is 3.97. The number of hydrogen-bond donors (Lipinski definition) is 1. The largest absolute Gasteiger partial charge is 0.479 e. The number of tetrazole rings is 1. The van der Waals surface area contributed by atoms with Crippen LogP contribution < -0.4 is 0 Å². The monoisotopic (exact) mass is 296 g/mol. The van der Waals surface area contributed by atoms with Gasteiger partial charge in [0, 0.05) is 0 Å².